The number of nitrogens with zero attached hydrogens (tertiary/aromatic N) is 2. The minimum atomic E-state index is 0.345. The van der Waals surface area contributed by atoms with E-state index in [0.29, 0.717) is 18.4 Å². The highest BCUT2D eigenvalue weighted by Crippen LogP contribution is 2.19. The third kappa shape index (κ3) is 6.23. The minimum absolute atomic E-state index is 0.345. The van der Waals surface area contributed by atoms with Gasteiger partial charge in [0, 0.05) is 32.1 Å². The molecule has 1 aliphatic rings. The van der Waals surface area contributed by atoms with Crippen LogP contribution in [-0.2, 0) is 4.79 Å². The van der Waals surface area contributed by atoms with Crippen LogP contribution in [0.1, 0.15) is 52.4 Å². The lowest BCUT2D eigenvalue weighted by atomic mass is 9.95. The van der Waals surface area contributed by atoms with Gasteiger partial charge in [-0.3, -0.25) is 4.79 Å². The van der Waals surface area contributed by atoms with Crippen LogP contribution in [0.5, 0.6) is 0 Å². The summed E-state index contributed by atoms with van der Waals surface area (Å²) >= 11 is 0. The predicted molar refractivity (Wildman–Crippen MR) is 84.6 cm³/mol. The first kappa shape index (κ1) is 17.4. The molecular weight excluding hydrogens is 250 g/mol. The summed E-state index contributed by atoms with van der Waals surface area (Å²) in [5, 5.41) is 0. The van der Waals surface area contributed by atoms with Gasteiger partial charge in [-0.05, 0) is 59.0 Å². The summed E-state index contributed by atoms with van der Waals surface area (Å²) in [6.45, 7) is 8.28. The van der Waals surface area contributed by atoms with E-state index in [1.54, 1.807) is 0 Å². The fraction of sp³-hybridized carbons (Fsp3) is 0.938. The maximum atomic E-state index is 12.1. The topological polar surface area (TPSA) is 49.6 Å². The number of amides is 1. The summed E-state index contributed by atoms with van der Waals surface area (Å²) in [5.74, 6) is 1.10. The summed E-state index contributed by atoms with van der Waals surface area (Å²) in [5.41, 5.74) is 5.47. The van der Waals surface area contributed by atoms with E-state index in [1.807, 2.05) is 0 Å². The number of carbonyl (C=O) groups excluding carboxylic acids is 1. The molecule has 1 aliphatic heterocycles. The largest absolute Gasteiger partial charge is 0.343 e. The van der Waals surface area contributed by atoms with Crippen molar-refractivity contribution in [2.75, 3.05) is 33.2 Å². The summed E-state index contributed by atoms with van der Waals surface area (Å²) < 4.78 is 0. The molecule has 0 bridgehead atoms. The van der Waals surface area contributed by atoms with Gasteiger partial charge in [0.05, 0.1) is 0 Å². The maximum Gasteiger partial charge on any atom is 0.222 e. The Balaban J connectivity index is 2.19. The molecule has 2 N–H and O–H groups in total. The van der Waals surface area contributed by atoms with Crippen LogP contribution < -0.4 is 5.73 Å². The molecule has 0 unspecified atom stereocenters. The van der Waals surface area contributed by atoms with Crippen LogP contribution >= 0.6 is 0 Å². The lowest BCUT2D eigenvalue weighted by molar-refractivity contribution is -0.132. The zero-order valence-electron chi connectivity index (χ0n) is 13.6. The molecule has 0 aliphatic carbocycles. The fourth-order valence-corrected chi connectivity index (χ4v) is 2.74. The third-order valence-electron chi connectivity index (χ3n) is 4.49. The van der Waals surface area contributed by atoms with Gasteiger partial charge in [0.2, 0.25) is 5.91 Å². The molecule has 1 amide bonds. The first-order valence-electron chi connectivity index (χ1n) is 8.22. The van der Waals surface area contributed by atoms with Crippen molar-refractivity contribution in [1.29, 1.82) is 0 Å². The number of hydrogen-bond acceptors (Lipinski definition) is 3. The molecule has 0 atom stereocenters. The quantitative estimate of drug-likeness (QED) is 0.694. The molecule has 0 spiro atoms. The van der Waals surface area contributed by atoms with Gasteiger partial charge in [0.25, 0.3) is 0 Å². The summed E-state index contributed by atoms with van der Waals surface area (Å²) in [6, 6.07) is 0.609. The number of nitrogens with two attached hydrogens (primary N) is 1. The Morgan fingerprint density at radius 3 is 2.45 bits per heavy atom. The molecule has 0 radical (unpaired) electrons. The Labute approximate surface area is 124 Å². The van der Waals surface area contributed by atoms with Crippen molar-refractivity contribution in [3.8, 4) is 0 Å². The zero-order valence-corrected chi connectivity index (χ0v) is 13.6. The molecule has 0 aromatic rings. The van der Waals surface area contributed by atoms with Gasteiger partial charge in [-0.25, -0.2) is 0 Å². The molecule has 1 heterocycles. The number of rotatable bonds is 8. The zero-order chi connectivity index (χ0) is 15.0. The smallest absolute Gasteiger partial charge is 0.222 e. The van der Waals surface area contributed by atoms with Crippen molar-refractivity contribution in [2.24, 2.45) is 11.7 Å². The van der Waals surface area contributed by atoms with E-state index in [9.17, 15) is 4.79 Å². The van der Waals surface area contributed by atoms with E-state index >= 15 is 0 Å². The predicted octanol–water partition coefficient (Wildman–Crippen LogP) is 2.08. The Hall–Kier alpha value is -0.610. The van der Waals surface area contributed by atoms with E-state index in [1.165, 1.54) is 0 Å². The van der Waals surface area contributed by atoms with Crippen molar-refractivity contribution in [3.05, 3.63) is 0 Å². The van der Waals surface area contributed by atoms with Crippen LogP contribution in [0.3, 0.4) is 0 Å². The molecule has 0 saturated carbocycles. The van der Waals surface area contributed by atoms with Gasteiger partial charge in [-0.15, -0.1) is 0 Å². The minimum Gasteiger partial charge on any atom is -0.343 e. The maximum absolute atomic E-state index is 12.1. The number of piperidine rings is 1. The Kier molecular flexibility index (Phi) is 8.15. The van der Waals surface area contributed by atoms with Gasteiger partial charge in [0.15, 0.2) is 0 Å². The molecule has 4 heteroatoms. The van der Waals surface area contributed by atoms with E-state index in [-0.39, 0.29) is 0 Å². The van der Waals surface area contributed by atoms with Gasteiger partial charge >= 0.3 is 0 Å². The van der Waals surface area contributed by atoms with Crippen LogP contribution in [0.4, 0.5) is 0 Å². The van der Waals surface area contributed by atoms with E-state index < -0.39 is 0 Å². The summed E-state index contributed by atoms with van der Waals surface area (Å²) in [4.78, 5) is 16.6. The first-order chi connectivity index (χ1) is 9.54. The van der Waals surface area contributed by atoms with Crippen LogP contribution in [0.2, 0.25) is 0 Å². The highest BCUT2D eigenvalue weighted by Gasteiger charge is 2.23. The number of hydrogen-bond donors (Lipinski definition) is 1. The fourth-order valence-electron chi connectivity index (χ4n) is 2.74. The molecular formula is C16H33N3O. The van der Waals surface area contributed by atoms with Crippen LogP contribution in [0.25, 0.3) is 0 Å². The standard InChI is InChI=1S/C16H33N3O/c1-14(2)18(3)13-15-8-11-19(12-9-15)16(20)7-5-4-6-10-17/h14-15H,4-13,17H2,1-3H3. The van der Waals surface area contributed by atoms with Gasteiger partial charge in [-0.2, -0.15) is 0 Å². The summed E-state index contributed by atoms with van der Waals surface area (Å²) in [7, 11) is 2.19. The lowest BCUT2D eigenvalue weighted by Gasteiger charge is -2.35. The van der Waals surface area contributed by atoms with Crippen LogP contribution in [-0.4, -0.2) is 55.0 Å². The lowest BCUT2D eigenvalue weighted by Crippen LogP contribution is -2.42. The molecule has 1 fully saturated rings. The third-order valence-corrected chi connectivity index (χ3v) is 4.49. The van der Waals surface area contributed by atoms with Crippen molar-refractivity contribution in [3.63, 3.8) is 0 Å². The average molecular weight is 283 g/mol. The van der Waals surface area contributed by atoms with Crippen molar-refractivity contribution in [1.82, 2.24) is 9.80 Å². The molecule has 118 valence electrons. The molecule has 0 aromatic heterocycles. The number of unbranched alkanes of at least 4 members (excludes halogenated alkanes) is 2. The van der Waals surface area contributed by atoms with E-state index in [4.69, 9.17) is 5.73 Å². The van der Waals surface area contributed by atoms with E-state index in [2.05, 4.69) is 30.7 Å². The van der Waals surface area contributed by atoms with Crippen molar-refractivity contribution < 1.29 is 4.79 Å². The molecule has 0 aromatic carbocycles. The second-order valence-electron chi connectivity index (χ2n) is 6.46. The van der Waals surface area contributed by atoms with Crippen molar-refractivity contribution in [2.45, 2.75) is 58.4 Å². The summed E-state index contributed by atoms with van der Waals surface area (Å²) in [6.07, 6.45) is 6.13. The molecule has 1 rings (SSSR count). The molecule has 4 nitrogen and oxygen atoms in total. The Morgan fingerprint density at radius 2 is 1.90 bits per heavy atom. The second-order valence-corrected chi connectivity index (χ2v) is 6.46. The normalized spacial score (nSPS) is 17.2. The average Bonchev–Trinajstić information content (AvgIpc) is 2.44. The SMILES string of the molecule is CC(C)N(C)CC1CCN(C(=O)CCCCCN)CC1. The second kappa shape index (κ2) is 9.35. The van der Waals surface area contributed by atoms with Crippen LogP contribution in [0.15, 0.2) is 0 Å². The number of carbonyl (C=O) groups is 1. The van der Waals surface area contributed by atoms with Gasteiger partial charge in [-0.1, -0.05) is 6.42 Å². The van der Waals surface area contributed by atoms with Gasteiger partial charge in [0.1, 0.15) is 0 Å². The molecule has 20 heavy (non-hydrogen) atoms. The Bertz CT molecular complexity index is 273. The van der Waals surface area contributed by atoms with Crippen molar-refractivity contribution >= 4 is 5.91 Å². The Morgan fingerprint density at radius 1 is 1.25 bits per heavy atom. The molecule has 1 saturated heterocycles. The van der Waals surface area contributed by atoms with Crippen LogP contribution in [0, 0.1) is 5.92 Å². The highest BCUT2D eigenvalue weighted by molar-refractivity contribution is 5.76. The van der Waals surface area contributed by atoms with Gasteiger partial charge < -0.3 is 15.5 Å². The monoisotopic (exact) mass is 283 g/mol. The first-order valence-corrected chi connectivity index (χ1v) is 8.22. The highest BCUT2D eigenvalue weighted by atomic mass is 16.2. The van der Waals surface area contributed by atoms with E-state index in [0.717, 1.165) is 64.2 Å². The number of likely N-dealkylation sites (tertiary alicyclic amines) is 1.